The topological polar surface area (TPSA) is 101 Å². The van der Waals surface area contributed by atoms with E-state index in [0.29, 0.717) is 29.2 Å². The van der Waals surface area contributed by atoms with Gasteiger partial charge in [-0.3, -0.25) is 4.79 Å². The lowest BCUT2D eigenvalue weighted by Crippen LogP contribution is -2.46. The number of hydrogen-bond acceptors (Lipinski definition) is 8. The van der Waals surface area contributed by atoms with Gasteiger partial charge in [0.25, 0.3) is 0 Å². The Morgan fingerprint density at radius 1 is 1.08 bits per heavy atom. The summed E-state index contributed by atoms with van der Waals surface area (Å²) in [6, 6.07) is 10.9. The summed E-state index contributed by atoms with van der Waals surface area (Å²) in [6.45, 7) is 1.70. The second-order valence-corrected chi connectivity index (χ2v) is 9.52. The monoisotopic (exact) mass is 531 g/mol. The number of methoxy groups -OCH3 is 1. The zero-order valence-corrected chi connectivity index (χ0v) is 20.3. The van der Waals surface area contributed by atoms with Crippen LogP contribution in [0.2, 0.25) is 5.15 Å². The van der Waals surface area contributed by atoms with Gasteiger partial charge in [-0.15, -0.1) is 13.9 Å². The minimum absolute atomic E-state index is 0.0121. The van der Waals surface area contributed by atoms with Gasteiger partial charge in [-0.2, -0.15) is 5.10 Å². The molecule has 3 aliphatic rings. The Morgan fingerprint density at radius 3 is 2.59 bits per heavy atom. The van der Waals surface area contributed by atoms with Crippen molar-refractivity contribution in [1.82, 2.24) is 15.5 Å². The van der Waals surface area contributed by atoms with E-state index in [1.54, 1.807) is 38.3 Å². The van der Waals surface area contributed by atoms with Gasteiger partial charge in [-0.25, -0.2) is 0 Å². The molecule has 0 spiro atoms. The van der Waals surface area contributed by atoms with Gasteiger partial charge in [0, 0.05) is 29.7 Å². The molecule has 2 aromatic carbocycles. The van der Waals surface area contributed by atoms with Crippen molar-refractivity contribution in [1.29, 1.82) is 0 Å². The number of carbonyl (C=O) groups is 1. The van der Waals surface area contributed by atoms with Crippen LogP contribution in [0.1, 0.15) is 42.3 Å². The number of alkyl halides is 2. The summed E-state index contributed by atoms with van der Waals surface area (Å²) in [5.41, 5.74) is 0.547. The largest absolute Gasteiger partial charge is 0.586 e. The first-order chi connectivity index (χ1) is 17.6. The van der Waals surface area contributed by atoms with Gasteiger partial charge in [0.05, 0.1) is 13.2 Å². The van der Waals surface area contributed by atoms with E-state index in [-0.39, 0.29) is 34.9 Å². The van der Waals surface area contributed by atoms with E-state index < -0.39 is 23.9 Å². The highest BCUT2D eigenvalue weighted by Gasteiger charge is 2.49. The fourth-order valence-electron chi connectivity index (χ4n) is 4.72. The van der Waals surface area contributed by atoms with E-state index in [1.165, 1.54) is 12.1 Å². The highest BCUT2D eigenvalue weighted by atomic mass is 35.5. The maximum atomic E-state index is 13.7. The Labute approximate surface area is 214 Å². The molecule has 0 bridgehead atoms. The lowest BCUT2D eigenvalue weighted by atomic mass is 9.82. The molecule has 3 atom stereocenters. The quantitative estimate of drug-likeness (QED) is 0.525. The van der Waals surface area contributed by atoms with E-state index in [0.717, 1.165) is 5.56 Å². The smallest absolute Gasteiger partial charge is 0.497 e. The Hall–Kier alpha value is -3.86. The van der Waals surface area contributed by atoms with Gasteiger partial charge in [0.15, 0.2) is 16.7 Å². The number of benzene rings is 2. The average Bonchev–Trinajstić information content (AvgIpc) is 3.37. The third kappa shape index (κ3) is 4.03. The lowest BCUT2D eigenvalue weighted by molar-refractivity contribution is -0.286. The minimum Gasteiger partial charge on any atom is -0.497 e. The molecular formula is C25H20ClF2N3O6. The summed E-state index contributed by atoms with van der Waals surface area (Å²) in [7, 11) is 1.55. The summed E-state index contributed by atoms with van der Waals surface area (Å²) in [4.78, 5) is 13.7. The number of aromatic nitrogens is 2. The van der Waals surface area contributed by atoms with Gasteiger partial charge < -0.3 is 29.0 Å². The number of hydrogen-bond donors (Lipinski definition) is 1. The van der Waals surface area contributed by atoms with Crippen LogP contribution < -0.4 is 29.0 Å². The number of nitrogens with zero attached hydrogens (tertiary/aromatic N) is 2. The molecule has 0 aliphatic carbocycles. The lowest BCUT2D eigenvalue weighted by Gasteiger charge is -2.34. The molecule has 3 aliphatic heterocycles. The summed E-state index contributed by atoms with van der Waals surface area (Å²) in [5.74, 6) is 0.738. The molecule has 0 fully saturated rings. The van der Waals surface area contributed by atoms with E-state index in [1.807, 2.05) is 6.07 Å². The standard InChI is InChI=1S/C25H20ClF2N3O6/c1-24(11-34-18-10-21-20(8-14(18)24)36-25(27,28)37-21)23(32)29-16-9-19(15-5-6-22(26)31-30-15)35-17-7-12(33-2)3-4-13(16)17/h3-8,10,16,19H,9,11H2,1-2H3,(H,29,32)/t16-,19-,24?/m1/s1. The van der Waals surface area contributed by atoms with Crippen LogP contribution in [-0.2, 0) is 10.2 Å². The molecule has 12 heteroatoms. The van der Waals surface area contributed by atoms with Crippen molar-refractivity contribution < 1.29 is 37.3 Å². The molecule has 192 valence electrons. The molecule has 3 aromatic rings. The van der Waals surface area contributed by atoms with E-state index in [9.17, 15) is 13.6 Å². The maximum absolute atomic E-state index is 13.7. The number of ether oxygens (including phenoxy) is 5. The summed E-state index contributed by atoms with van der Waals surface area (Å²) < 4.78 is 53.5. The number of nitrogens with one attached hydrogen (secondary N) is 1. The molecule has 9 nitrogen and oxygen atoms in total. The molecule has 6 rings (SSSR count). The first kappa shape index (κ1) is 23.5. The fraction of sp³-hybridized carbons (Fsp3) is 0.320. The fourth-order valence-corrected chi connectivity index (χ4v) is 4.82. The summed E-state index contributed by atoms with van der Waals surface area (Å²) in [5, 5.41) is 11.4. The second kappa shape index (κ2) is 8.34. The molecule has 1 N–H and O–H groups in total. The highest BCUT2D eigenvalue weighted by Crippen LogP contribution is 2.50. The molecular weight excluding hydrogens is 512 g/mol. The molecule has 1 amide bonds. The van der Waals surface area contributed by atoms with E-state index in [2.05, 4.69) is 25.0 Å². The van der Waals surface area contributed by atoms with Crippen molar-refractivity contribution >= 4 is 17.5 Å². The molecule has 1 aromatic heterocycles. The van der Waals surface area contributed by atoms with Crippen LogP contribution in [0, 0.1) is 0 Å². The molecule has 1 unspecified atom stereocenters. The molecule has 0 radical (unpaired) electrons. The van der Waals surface area contributed by atoms with Crippen molar-refractivity contribution in [2.75, 3.05) is 13.7 Å². The van der Waals surface area contributed by atoms with Crippen LogP contribution in [0.3, 0.4) is 0 Å². The first-order valence-corrected chi connectivity index (χ1v) is 11.7. The number of fused-ring (bicyclic) bond motifs is 3. The molecule has 4 heterocycles. The Morgan fingerprint density at radius 2 is 1.86 bits per heavy atom. The summed E-state index contributed by atoms with van der Waals surface area (Å²) in [6.07, 6.45) is -3.94. The van der Waals surface area contributed by atoms with Gasteiger partial charge in [-0.1, -0.05) is 11.6 Å². The maximum Gasteiger partial charge on any atom is 0.586 e. The van der Waals surface area contributed by atoms with Crippen LogP contribution in [0.5, 0.6) is 28.7 Å². The molecule has 0 saturated heterocycles. The number of halogens is 3. The number of carbonyl (C=O) groups excluding carboxylic acids is 1. The van der Waals surface area contributed by atoms with Gasteiger partial charge >= 0.3 is 6.29 Å². The van der Waals surface area contributed by atoms with Crippen molar-refractivity contribution in [2.45, 2.75) is 37.2 Å². The minimum atomic E-state index is -3.78. The number of rotatable bonds is 4. The van der Waals surface area contributed by atoms with Crippen LogP contribution in [0.15, 0.2) is 42.5 Å². The first-order valence-electron chi connectivity index (χ1n) is 11.4. The Balaban J connectivity index is 1.31. The SMILES string of the molecule is COc1ccc2c(c1)O[C@@H](c1ccc(Cl)nn1)C[C@H]2NC(=O)C1(C)COc2cc3c(cc21)OC(F)(F)O3. The summed E-state index contributed by atoms with van der Waals surface area (Å²) >= 11 is 5.89. The number of amides is 1. The molecule has 37 heavy (non-hydrogen) atoms. The van der Waals surface area contributed by atoms with Crippen molar-refractivity contribution in [2.24, 2.45) is 0 Å². The zero-order valence-electron chi connectivity index (χ0n) is 19.6. The van der Waals surface area contributed by atoms with E-state index >= 15 is 0 Å². The highest BCUT2D eigenvalue weighted by molar-refractivity contribution is 6.29. The van der Waals surface area contributed by atoms with Gasteiger partial charge in [0.2, 0.25) is 5.91 Å². The van der Waals surface area contributed by atoms with Gasteiger partial charge in [-0.05, 0) is 37.3 Å². The van der Waals surface area contributed by atoms with Crippen molar-refractivity contribution in [3.8, 4) is 28.7 Å². The Kier molecular flexibility index (Phi) is 5.30. The third-order valence-electron chi connectivity index (χ3n) is 6.72. The Bertz CT molecular complexity index is 1410. The zero-order chi connectivity index (χ0) is 25.9. The second-order valence-electron chi connectivity index (χ2n) is 9.14. The predicted molar refractivity (Wildman–Crippen MR) is 124 cm³/mol. The van der Waals surface area contributed by atoms with Crippen LogP contribution in [0.4, 0.5) is 8.78 Å². The molecule has 0 saturated carbocycles. The third-order valence-corrected chi connectivity index (χ3v) is 6.92. The average molecular weight is 532 g/mol. The van der Waals surface area contributed by atoms with Gasteiger partial charge in [0.1, 0.15) is 41.1 Å². The van der Waals surface area contributed by atoms with Crippen molar-refractivity contribution in [3.63, 3.8) is 0 Å². The van der Waals surface area contributed by atoms with Crippen LogP contribution in [-0.4, -0.2) is 36.1 Å². The van der Waals surface area contributed by atoms with Crippen molar-refractivity contribution in [3.05, 3.63) is 64.4 Å². The predicted octanol–water partition coefficient (Wildman–Crippen LogP) is 4.49. The normalized spacial score (nSPS) is 24.4. The van der Waals surface area contributed by atoms with E-state index in [4.69, 9.17) is 25.8 Å². The van der Waals surface area contributed by atoms with Crippen LogP contribution >= 0.6 is 11.6 Å². The van der Waals surface area contributed by atoms with Crippen LogP contribution in [0.25, 0.3) is 0 Å².